The standard InChI is InChI=1S/C19H20FN3O2S2/c1-12-7-8-17(13(2)9-12)25-10-14(24)11-26-19-23-22-18(27-19)21-16-6-4-3-5-15(16)20/h3-9,14,24H,10-11H2,1-2H3,(H,21,22). The van der Waals surface area contributed by atoms with Crippen molar-refractivity contribution in [1.29, 1.82) is 0 Å². The van der Waals surface area contributed by atoms with Gasteiger partial charge in [-0.25, -0.2) is 4.39 Å². The molecule has 142 valence electrons. The third-order valence-corrected chi connectivity index (χ3v) is 5.80. The summed E-state index contributed by atoms with van der Waals surface area (Å²) < 4.78 is 20.0. The maximum Gasteiger partial charge on any atom is 0.210 e. The number of para-hydroxylation sites is 1. The third-order valence-electron chi connectivity index (χ3n) is 3.68. The van der Waals surface area contributed by atoms with Crippen LogP contribution in [0, 0.1) is 19.7 Å². The van der Waals surface area contributed by atoms with Gasteiger partial charge in [-0.15, -0.1) is 10.2 Å². The molecule has 0 aliphatic carbocycles. The number of nitrogens with zero attached hydrogens (tertiary/aromatic N) is 2. The molecule has 5 nitrogen and oxygen atoms in total. The summed E-state index contributed by atoms with van der Waals surface area (Å²) in [6.07, 6.45) is -0.636. The SMILES string of the molecule is Cc1ccc(OCC(O)CSc2nnc(Nc3ccccc3F)s2)c(C)c1. The van der Waals surface area contributed by atoms with E-state index in [1.807, 2.05) is 32.0 Å². The van der Waals surface area contributed by atoms with Gasteiger partial charge in [0.05, 0.1) is 11.8 Å². The van der Waals surface area contributed by atoms with Crippen LogP contribution in [0.15, 0.2) is 46.8 Å². The zero-order valence-corrected chi connectivity index (χ0v) is 16.6. The number of benzene rings is 2. The van der Waals surface area contributed by atoms with E-state index in [1.54, 1.807) is 18.2 Å². The van der Waals surface area contributed by atoms with E-state index in [1.165, 1.54) is 34.7 Å². The predicted octanol–water partition coefficient (Wildman–Crippen LogP) is 4.57. The number of aromatic nitrogens is 2. The van der Waals surface area contributed by atoms with Crippen LogP contribution in [0.2, 0.25) is 0 Å². The maximum absolute atomic E-state index is 13.7. The third kappa shape index (κ3) is 5.66. The van der Waals surface area contributed by atoms with Gasteiger partial charge < -0.3 is 15.2 Å². The maximum atomic E-state index is 13.7. The molecule has 0 aliphatic heterocycles. The lowest BCUT2D eigenvalue weighted by Crippen LogP contribution is -2.20. The summed E-state index contributed by atoms with van der Waals surface area (Å²) in [6, 6.07) is 12.3. The number of rotatable bonds is 8. The predicted molar refractivity (Wildman–Crippen MR) is 108 cm³/mol. The lowest BCUT2D eigenvalue weighted by atomic mass is 10.1. The zero-order chi connectivity index (χ0) is 19.2. The largest absolute Gasteiger partial charge is 0.491 e. The Bertz CT molecular complexity index is 904. The van der Waals surface area contributed by atoms with Crippen LogP contribution >= 0.6 is 23.1 Å². The molecule has 2 N–H and O–H groups in total. The number of anilines is 2. The molecule has 0 saturated carbocycles. The average Bonchev–Trinajstić information content (AvgIpc) is 3.09. The molecule has 1 unspecified atom stereocenters. The van der Waals surface area contributed by atoms with Gasteiger partial charge in [-0.05, 0) is 37.6 Å². The highest BCUT2D eigenvalue weighted by Gasteiger charge is 2.12. The van der Waals surface area contributed by atoms with Crippen molar-refractivity contribution in [2.75, 3.05) is 17.7 Å². The van der Waals surface area contributed by atoms with Crippen LogP contribution in [0.5, 0.6) is 5.75 Å². The van der Waals surface area contributed by atoms with Crippen molar-refractivity contribution in [1.82, 2.24) is 10.2 Å². The first-order valence-corrected chi connectivity index (χ1v) is 10.2. The topological polar surface area (TPSA) is 67.3 Å². The summed E-state index contributed by atoms with van der Waals surface area (Å²) in [6.45, 7) is 4.21. The van der Waals surface area contributed by atoms with Crippen molar-refractivity contribution >= 4 is 33.9 Å². The first-order valence-electron chi connectivity index (χ1n) is 8.37. The molecule has 8 heteroatoms. The minimum absolute atomic E-state index is 0.204. The number of aryl methyl sites for hydroxylation is 2. The molecule has 1 aromatic heterocycles. The van der Waals surface area contributed by atoms with Crippen molar-refractivity contribution < 1.29 is 14.2 Å². The Morgan fingerprint density at radius 1 is 1.22 bits per heavy atom. The highest BCUT2D eigenvalue weighted by Crippen LogP contribution is 2.29. The van der Waals surface area contributed by atoms with Crippen LogP contribution in [0.4, 0.5) is 15.2 Å². The Morgan fingerprint density at radius 3 is 2.81 bits per heavy atom. The Kier molecular flexibility index (Phi) is 6.65. The van der Waals surface area contributed by atoms with Crippen LogP contribution in [-0.4, -0.2) is 33.8 Å². The Hall–Kier alpha value is -2.16. The molecule has 0 bridgehead atoms. The van der Waals surface area contributed by atoms with E-state index in [0.717, 1.165) is 11.3 Å². The number of hydrogen-bond acceptors (Lipinski definition) is 7. The second-order valence-electron chi connectivity index (χ2n) is 6.02. The van der Waals surface area contributed by atoms with Gasteiger partial charge in [0, 0.05) is 5.75 Å². The number of aliphatic hydroxyl groups is 1. The van der Waals surface area contributed by atoms with Crippen LogP contribution in [-0.2, 0) is 0 Å². The number of aliphatic hydroxyl groups excluding tert-OH is 1. The van der Waals surface area contributed by atoms with Crippen molar-refractivity contribution in [2.24, 2.45) is 0 Å². The fraction of sp³-hybridized carbons (Fsp3) is 0.263. The Labute approximate surface area is 165 Å². The molecule has 0 radical (unpaired) electrons. The molecule has 0 fully saturated rings. The molecule has 2 aromatic carbocycles. The highest BCUT2D eigenvalue weighted by molar-refractivity contribution is 8.01. The van der Waals surface area contributed by atoms with Gasteiger partial charge in [-0.1, -0.05) is 52.9 Å². The second kappa shape index (κ2) is 9.16. The quantitative estimate of drug-likeness (QED) is 0.535. The van der Waals surface area contributed by atoms with E-state index in [-0.39, 0.29) is 12.4 Å². The highest BCUT2D eigenvalue weighted by atomic mass is 32.2. The molecule has 3 aromatic rings. The van der Waals surface area contributed by atoms with Gasteiger partial charge in [0.15, 0.2) is 4.34 Å². The lowest BCUT2D eigenvalue weighted by molar-refractivity contribution is 0.126. The van der Waals surface area contributed by atoms with Crippen LogP contribution in [0.25, 0.3) is 0 Å². The average molecular weight is 406 g/mol. The molecular weight excluding hydrogens is 385 g/mol. The first-order chi connectivity index (χ1) is 13.0. The number of ether oxygens (including phenoxy) is 1. The molecular formula is C19H20FN3O2S2. The van der Waals surface area contributed by atoms with E-state index < -0.39 is 6.10 Å². The van der Waals surface area contributed by atoms with E-state index >= 15 is 0 Å². The molecule has 3 rings (SSSR count). The number of thioether (sulfide) groups is 1. The van der Waals surface area contributed by atoms with E-state index in [4.69, 9.17) is 4.74 Å². The fourth-order valence-electron chi connectivity index (χ4n) is 2.36. The van der Waals surface area contributed by atoms with Crippen molar-refractivity contribution in [3.8, 4) is 5.75 Å². The van der Waals surface area contributed by atoms with Gasteiger partial charge in [0.2, 0.25) is 5.13 Å². The fourth-order valence-corrected chi connectivity index (χ4v) is 4.06. The van der Waals surface area contributed by atoms with Gasteiger partial charge in [0.25, 0.3) is 0 Å². The first kappa shape index (κ1) is 19.6. The summed E-state index contributed by atoms with van der Waals surface area (Å²) in [5.74, 6) is 0.858. The summed E-state index contributed by atoms with van der Waals surface area (Å²) in [4.78, 5) is 0. The zero-order valence-electron chi connectivity index (χ0n) is 15.0. The summed E-state index contributed by atoms with van der Waals surface area (Å²) >= 11 is 2.70. The Balaban J connectivity index is 1.47. The molecule has 0 saturated heterocycles. The summed E-state index contributed by atoms with van der Waals surface area (Å²) in [5.41, 5.74) is 2.57. The number of nitrogens with one attached hydrogen (secondary N) is 1. The monoisotopic (exact) mass is 405 g/mol. The number of halogens is 1. The van der Waals surface area contributed by atoms with Gasteiger partial charge >= 0.3 is 0 Å². The van der Waals surface area contributed by atoms with E-state index in [0.29, 0.717) is 20.9 Å². The van der Waals surface area contributed by atoms with Crippen LogP contribution in [0.1, 0.15) is 11.1 Å². The van der Waals surface area contributed by atoms with Gasteiger partial charge in [-0.3, -0.25) is 0 Å². The summed E-state index contributed by atoms with van der Waals surface area (Å²) in [5, 5.41) is 21.6. The Morgan fingerprint density at radius 2 is 2.04 bits per heavy atom. The minimum atomic E-state index is -0.636. The van der Waals surface area contributed by atoms with Gasteiger partial charge in [0.1, 0.15) is 18.2 Å². The lowest BCUT2D eigenvalue weighted by Gasteiger charge is -2.13. The normalized spacial score (nSPS) is 12.0. The van der Waals surface area contributed by atoms with Crippen molar-refractivity contribution in [2.45, 2.75) is 24.3 Å². The van der Waals surface area contributed by atoms with Crippen molar-refractivity contribution in [3.05, 3.63) is 59.4 Å². The molecule has 0 aliphatic rings. The van der Waals surface area contributed by atoms with Gasteiger partial charge in [-0.2, -0.15) is 0 Å². The minimum Gasteiger partial charge on any atom is -0.491 e. The number of hydrogen-bond donors (Lipinski definition) is 2. The smallest absolute Gasteiger partial charge is 0.210 e. The molecule has 1 atom stereocenters. The van der Waals surface area contributed by atoms with E-state index in [9.17, 15) is 9.50 Å². The van der Waals surface area contributed by atoms with Crippen LogP contribution in [0.3, 0.4) is 0 Å². The van der Waals surface area contributed by atoms with Crippen molar-refractivity contribution in [3.63, 3.8) is 0 Å². The molecule has 1 heterocycles. The molecule has 0 amide bonds. The summed E-state index contributed by atoms with van der Waals surface area (Å²) in [7, 11) is 0. The molecule has 27 heavy (non-hydrogen) atoms. The molecule has 0 spiro atoms. The van der Waals surface area contributed by atoms with E-state index in [2.05, 4.69) is 15.5 Å². The second-order valence-corrected chi connectivity index (χ2v) is 8.27. The van der Waals surface area contributed by atoms with Crippen LogP contribution < -0.4 is 10.1 Å².